The van der Waals surface area contributed by atoms with Gasteiger partial charge in [-0.15, -0.1) is 10.2 Å². The maximum atomic E-state index is 13.3. The zero-order valence-electron chi connectivity index (χ0n) is 16.8. The van der Waals surface area contributed by atoms with Crippen LogP contribution in [0.4, 0.5) is 5.69 Å². The van der Waals surface area contributed by atoms with Crippen LogP contribution >= 0.6 is 11.8 Å². The molecular weight excluding hydrogens is 384 g/mol. The molecule has 4 rings (SSSR count). The Balaban J connectivity index is 1.55. The number of aryl methyl sites for hydroxylation is 1. The Hall–Kier alpha value is -2.93. The predicted molar refractivity (Wildman–Crippen MR) is 115 cm³/mol. The van der Waals surface area contributed by atoms with Crippen molar-refractivity contribution in [2.24, 2.45) is 0 Å². The number of rotatable bonds is 4. The SMILES string of the molecule is CC1=CC(C)(C)N(C(=O)CSc2nnc(-c3ccncc3)o2)c2c(C)cccc21. The van der Waals surface area contributed by atoms with E-state index in [0.717, 1.165) is 22.4 Å². The Bertz CT molecular complexity index is 1090. The molecule has 0 bridgehead atoms. The number of anilines is 1. The summed E-state index contributed by atoms with van der Waals surface area (Å²) in [6, 6.07) is 9.74. The number of hydrogen-bond donors (Lipinski definition) is 0. The van der Waals surface area contributed by atoms with Crippen LogP contribution < -0.4 is 4.90 Å². The van der Waals surface area contributed by atoms with Crippen LogP contribution in [-0.2, 0) is 4.79 Å². The third-order valence-electron chi connectivity index (χ3n) is 4.93. The highest BCUT2D eigenvalue weighted by atomic mass is 32.2. The number of fused-ring (bicyclic) bond motifs is 1. The summed E-state index contributed by atoms with van der Waals surface area (Å²) in [7, 11) is 0. The highest BCUT2D eigenvalue weighted by Crippen LogP contribution is 2.41. The monoisotopic (exact) mass is 406 g/mol. The summed E-state index contributed by atoms with van der Waals surface area (Å²) in [4.78, 5) is 19.1. The summed E-state index contributed by atoms with van der Waals surface area (Å²) < 4.78 is 5.70. The molecule has 0 atom stereocenters. The fourth-order valence-corrected chi connectivity index (χ4v) is 4.36. The lowest BCUT2D eigenvalue weighted by Gasteiger charge is -2.42. The van der Waals surface area contributed by atoms with E-state index in [9.17, 15) is 4.79 Å². The first kappa shape index (κ1) is 19.4. The van der Waals surface area contributed by atoms with Gasteiger partial charge in [0.1, 0.15) is 0 Å². The van der Waals surface area contributed by atoms with Crippen molar-refractivity contribution in [3.8, 4) is 11.5 Å². The second-order valence-electron chi connectivity index (χ2n) is 7.58. The van der Waals surface area contributed by atoms with Crippen molar-refractivity contribution in [1.29, 1.82) is 0 Å². The number of amides is 1. The lowest BCUT2D eigenvalue weighted by atomic mass is 9.87. The molecule has 1 aliphatic heterocycles. The van der Waals surface area contributed by atoms with Crippen molar-refractivity contribution in [3.63, 3.8) is 0 Å². The highest BCUT2D eigenvalue weighted by Gasteiger charge is 2.36. The predicted octanol–water partition coefficient (Wildman–Crippen LogP) is 4.76. The first-order valence-electron chi connectivity index (χ1n) is 9.36. The van der Waals surface area contributed by atoms with E-state index < -0.39 is 5.54 Å². The lowest BCUT2D eigenvalue weighted by molar-refractivity contribution is -0.116. The fraction of sp³-hybridized carbons (Fsp3) is 0.273. The van der Waals surface area contributed by atoms with Gasteiger partial charge in [-0.2, -0.15) is 0 Å². The molecule has 1 aliphatic rings. The average Bonchev–Trinajstić information content (AvgIpc) is 3.16. The molecule has 3 heterocycles. The number of allylic oxidation sites excluding steroid dienone is 1. The molecule has 6 nitrogen and oxygen atoms in total. The van der Waals surface area contributed by atoms with Crippen LogP contribution in [0.3, 0.4) is 0 Å². The minimum absolute atomic E-state index is 0.00274. The molecular formula is C22H22N4O2S. The van der Waals surface area contributed by atoms with Crippen molar-refractivity contribution >= 4 is 28.9 Å². The van der Waals surface area contributed by atoms with Gasteiger partial charge in [0.15, 0.2) is 0 Å². The zero-order chi connectivity index (χ0) is 20.6. The van der Waals surface area contributed by atoms with Crippen LogP contribution in [0.15, 0.2) is 58.4 Å². The largest absolute Gasteiger partial charge is 0.411 e. The number of carbonyl (C=O) groups is 1. The maximum absolute atomic E-state index is 13.3. The van der Waals surface area contributed by atoms with Gasteiger partial charge in [0.2, 0.25) is 11.8 Å². The van der Waals surface area contributed by atoms with Gasteiger partial charge in [0, 0.05) is 23.5 Å². The van der Waals surface area contributed by atoms with E-state index in [4.69, 9.17) is 4.42 Å². The van der Waals surface area contributed by atoms with Gasteiger partial charge in [0.05, 0.1) is 17.0 Å². The van der Waals surface area contributed by atoms with Gasteiger partial charge in [-0.3, -0.25) is 9.78 Å². The molecule has 29 heavy (non-hydrogen) atoms. The molecule has 1 aromatic carbocycles. The number of benzene rings is 1. The fourth-order valence-electron chi connectivity index (χ4n) is 3.75. The van der Waals surface area contributed by atoms with E-state index in [1.807, 2.05) is 24.0 Å². The summed E-state index contributed by atoms with van der Waals surface area (Å²) in [5.74, 6) is 0.630. The molecule has 148 valence electrons. The van der Waals surface area contributed by atoms with Crippen molar-refractivity contribution in [2.45, 2.75) is 38.5 Å². The average molecular weight is 407 g/mol. The van der Waals surface area contributed by atoms with E-state index in [1.54, 1.807) is 24.5 Å². The Kier molecular flexibility index (Phi) is 5.00. The highest BCUT2D eigenvalue weighted by molar-refractivity contribution is 7.99. The van der Waals surface area contributed by atoms with Crippen molar-refractivity contribution in [1.82, 2.24) is 15.2 Å². The summed E-state index contributed by atoms with van der Waals surface area (Å²) in [5.41, 5.74) is 4.72. The van der Waals surface area contributed by atoms with E-state index in [1.165, 1.54) is 17.3 Å². The van der Waals surface area contributed by atoms with E-state index >= 15 is 0 Å². The molecule has 0 saturated heterocycles. The first-order chi connectivity index (χ1) is 13.9. The van der Waals surface area contributed by atoms with Crippen LogP contribution in [0.1, 0.15) is 31.9 Å². The van der Waals surface area contributed by atoms with Crippen LogP contribution in [0.5, 0.6) is 0 Å². The van der Waals surface area contributed by atoms with Crippen molar-refractivity contribution < 1.29 is 9.21 Å². The number of aromatic nitrogens is 3. The number of thioether (sulfide) groups is 1. The smallest absolute Gasteiger partial charge is 0.277 e. The second kappa shape index (κ2) is 7.48. The Morgan fingerprint density at radius 2 is 1.90 bits per heavy atom. The maximum Gasteiger partial charge on any atom is 0.277 e. The van der Waals surface area contributed by atoms with Gasteiger partial charge < -0.3 is 9.32 Å². The summed E-state index contributed by atoms with van der Waals surface area (Å²) in [5, 5.41) is 8.50. The molecule has 0 unspecified atom stereocenters. The molecule has 3 aromatic rings. The molecule has 0 N–H and O–H groups in total. The number of pyridine rings is 1. The molecule has 1 amide bonds. The molecule has 0 saturated carbocycles. The topological polar surface area (TPSA) is 72.1 Å². The van der Waals surface area contributed by atoms with Crippen LogP contribution in [0.25, 0.3) is 17.0 Å². The third kappa shape index (κ3) is 3.70. The summed E-state index contributed by atoms with van der Waals surface area (Å²) in [6.45, 7) is 8.25. The number of para-hydroxylation sites is 1. The Morgan fingerprint density at radius 3 is 2.66 bits per heavy atom. The Labute approximate surface area is 174 Å². The van der Waals surface area contributed by atoms with Gasteiger partial charge in [-0.1, -0.05) is 36.0 Å². The number of nitrogens with zero attached hydrogens (tertiary/aromatic N) is 4. The minimum Gasteiger partial charge on any atom is -0.411 e. The van der Waals surface area contributed by atoms with Crippen LogP contribution in [0.2, 0.25) is 0 Å². The molecule has 7 heteroatoms. The van der Waals surface area contributed by atoms with Gasteiger partial charge in [-0.05, 0) is 51.0 Å². The second-order valence-corrected chi connectivity index (χ2v) is 8.51. The Morgan fingerprint density at radius 1 is 1.14 bits per heavy atom. The minimum atomic E-state index is -0.419. The normalized spacial score (nSPS) is 15.0. The van der Waals surface area contributed by atoms with Gasteiger partial charge >= 0.3 is 0 Å². The van der Waals surface area contributed by atoms with Crippen LogP contribution in [-0.4, -0.2) is 32.4 Å². The van der Waals surface area contributed by atoms with E-state index in [-0.39, 0.29) is 11.7 Å². The lowest BCUT2D eigenvalue weighted by Crippen LogP contribution is -2.50. The van der Waals surface area contributed by atoms with Crippen molar-refractivity contribution in [3.05, 3.63) is 59.9 Å². The third-order valence-corrected chi connectivity index (χ3v) is 5.74. The van der Waals surface area contributed by atoms with E-state index in [0.29, 0.717) is 11.1 Å². The van der Waals surface area contributed by atoms with Crippen molar-refractivity contribution in [2.75, 3.05) is 10.7 Å². The summed E-state index contributed by atoms with van der Waals surface area (Å²) in [6.07, 6.45) is 5.48. The molecule has 0 aliphatic carbocycles. The standard InChI is InChI=1S/C22H22N4O2S/c1-14-6-5-7-17-15(2)12-22(3,4)26(19(14)17)18(27)13-29-21-25-24-20(28-21)16-8-10-23-11-9-16/h5-12H,13H2,1-4H3. The molecule has 0 fully saturated rings. The van der Waals surface area contributed by atoms with Crippen LogP contribution in [0, 0.1) is 6.92 Å². The molecule has 0 spiro atoms. The zero-order valence-corrected chi connectivity index (χ0v) is 17.7. The van der Waals surface area contributed by atoms with Gasteiger partial charge in [-0.25, -0.2) is 0 Å². The number of carbonyl (C=O) groups excluding carboxylic acids is 1. The summed E-state index contributed by atoms with van der Waals surface area (Å²) >= 11 is 1.25. The number of hydrogen-bond acceptors (Lipinski definition) is 6. The van der Waals surface area contributed by atoms with Gasteiger partial charge in [0.25, 0.3) is 5.22 Å². The quantitative estimate of drug-likeness (QED) is 0.582. The molecule has 0 radical (unpaired) electrons. The molecule has 2 aromatic heterocycles. The first-order valence-corrected chi connectivity index (χ1v) is 10.3. The van der Waals surface area contributed by atoms with E-state index in [2.05, 4.69) is 48.1 Å².